The fraction of sp³-hybridized carbons (Fsp3) is 0.188. The number of benzene rings is 1. The zero-order chi connectivity index (χ0) is 13.6. The lowest BCUT2D eigenvalue weighted by molar-refractivity contribution is 0.628. The highest BCUT2D eigenvalue weighted by atomic mass is 19.1. The molecule has 3 rings (SSSR count). The molecule has 0 N–H and O–H groups in total. The number of fused-ring (bicyclic) bond motifs is 1. The summed E-state index contributed by atoms with van der Waals surface area (Å²) >= 11 is 0. The van der Waals surface area contributed by atoms with Crippen molar-refractivity contribution in [2.75, 3.05) is 0 Å². The Hall–Kier alpha value is -2.16. The maximum atomic E-state index is 13.4. The largest absolute Gasteiger partial charge is 0.297 e. The lowest BCUT2D eigenvalue weighted by Gasteiger charge is -2.07. The van der Waals surface area contributed by atoms with Crippen molar-refractivity contribution < 1.29 is 4.39 Å². The highest BCUT2D eigenvalue weighted by molar-refractivity contribution is 5.68. The number of imidazole rings is 1. The molecule has 0 aliphatic carbocycles. The van der Waals surface area contributed by atoms with Crippen molar-refractivity contribution >= 4 is 5.65 Å². The average molecular weight is 254 g/mol. The van der Waals surface area contributed by atoms with E-state index in [1.807, 2.05) is 26.0 Å². The number of hydrogen-bond donors (Lipinski definition) is 0. The molecule has 2 heterocycles. The Morgan fingerprint density at radius 3 is 2.58 bits per heavy atom. The predicted molar refractivity (Wildman–Crippen MR) is 74.8 cm³/mol. The van der Waals surface area contributed by atoms with E-state index < -0.39 is 0 Å². The van der Waals surface area contributed by atoms with Crippen LogP contribution in [0.4, 0.5) is 4.39 Å². The summed E-state index contributed by atoms with van der Waals surface area (Å²) in [7, 11) is 0. The molecular weight excluding hydrogens is 239 g/mol. The van der Waals surface area contributed by atoms with Gasteiger partial charge in [-0.05, 0) is 50.6 Å². The molecule has 2 nitrogen and oxygen atoms in total. The average Bonchev–Trinajstić information content (AvgIpc) is 2.65. The van der Waals surface area contributed by atoms with Gasteiger partial charge < -0.3 is 0 Å². The molecule has 0 fully saturated rings. The van der Waals surface area contributed by atoms with Crippen LogP contribution in [0.2, 0.25) is 0 Å². The Balaban J connectivity index is 2.38. The van der Waals surface area contributed by atoms with Gasteiger partial charge in [0.25, 0.3) is 0 Å². The molecule has 0 saturated heterocycles. The van der Waals surface area contributed by atoms with Crippen molar-refractivity contribution in [2.45, 2.75) is 20.8 Å². The topological polar surface area (TPSA) is 17.3 Å². The van der Waals surface area contributed by atoms with E-state index in [1.165, 1.54) is 11.6 Å². The van der Waals surface area contributed by atoms with Crippen LogP contribution < -0.4 is 0 Å². The molecule has 0 unspecified atom stereocenters. The van der Waals surface area contributed by atoms with Crippen LogP contribution >= 0.6 is 0 Å². The van der Waals surface area contributed by atoms with E-state index >= 15 is 0 Å². The van der Waals surface area contributed by atoms with Crippen LogP contribution in [0, 0.1) is 26.6 Å². The lowest BCUT2D eigenvalue weighted by Crippen LogP contribution is -1.95. The number of nitrogens with zero attached hydrogens (tertiary/aromatic N) is 2. The molecule has 0 bridgehead atoms. The summed E-state index contributed by atoms with van der Waals surface area (Å²) in [5.74, 6) is -0.225. The quantitative estimate of drug-likeness (QED) is 0.640. The smallest absolute Gasteiger partial charge is 0.137 e. The molecular formula is C16H15FN2. The predicted octanol–water partition coefficient (Wildman–Crippen LogP) is 4.07. The van der Waals surface area contributed by atoms with E-state index in [2.05, 4.69) is 22.4 Å². The van der Waals surface area contributed by atoms with Gasteiger partial charge in [-0.15, -0.1) is 0 Å². The summed E-state index contributed by atoms with van der Waals surface area (Å²) in [6.07, 6.45) is 0. The lowest BCUT2D eigenvalue weighted by atomic mass is 10.1. The molecule has 0 atom stereocenters. The van der Waals surface area contributed by atoms with Gasteiger partial charge in [0.15, 0.2) is 0 Å². The Morgan fingerprint density at radius 2 is 1.84 bits per heavy atom. The van der Waals surface area contributed by atoms with Crippen molar-refractivity contribution in [2.24, 2.45) is 0 Å². The summed E-state index contributed by atoms with van der Waals surface area (Å²) in [6.45, 7) is 6.06. The molecule has 1 aromatic carbocycles. The van der Waals surface area contributed by atoms with Crippen molar-refractivity contribution in [1.29, 1.82) is 0 Å². The summed E-state index contributed by atoms with van der Waals surface area (Å²) in [5, 5.41) is 0. The monoisotopic (exact) mass is 254 g/mol. The van der Waals surface area contributed by atoms with Crippen LogP contribution in [-0.2, 0) is 0 Å². The zero-order valence-electron chi connectivity index (χ0n) is 11.2. The Labute approximate surface area is 111 Å². The zero-order valence-corrected chi connectivity index (χ0v) is 11.2. The second-order valence-corrected chi connectivity index (χ2v) is 4.92. The van der Waals surface area contributed by atoms with Crippen LogP contribution in [0.1, 0.15) is 17.0 Å². The van der Waals surface area contributed by atoms with E-state index in [9.17, 15) is 4.39 Å². The molecule has 0 amide bonds. The first-order valence-electron chi connectivity index (χ1n) is 6.28. The van der Waals surface area contributed by atoms with Crippen molar-refractivity contribution in [3.8, 4) is 11.3 Å². The van der Waals surface area contributed by atoms with Gasteiger partial charge in [-0.3, -0.25) is 4.40 Å². The third-order valence-electron chi connectivity index (χ3n) is 3.32. The van der Waals surface area contributed by atoms with E-state index in [-0.39, 0.29) is 5.82 Å². The second-order valence-electron chi connectivity index (χ2n) is 4.92. The van der Waals surface area contributed by atoms with Crippen LogP contribution in [-0.4, -0.2) is 9.38 Å². The van der Waals surface area contributed by atoms with Crippen LogP contribution in [0.25, 0.3) is 16.9 Å². The van der Waals surface area contributed by atoms with Gasteiger partial charge in [-0.2, -0.15) is 0 Å². The van der Waals surface area contributed by atoms with Gasteiger partial charge in [-0.25, -0.2) is 9.37 Å². The fourth-order valence-electron chi connectivity index (χ4n) is 2.62. The molecule has 2 aromatic heterocycles. The number of hydrogen-bond acceptors (Lipinski definition) is 1. The molecule has 0 saturated carbocycles. The minimum absolute atomic E-state index is 0.225. The van der Waals surface area contributed by atoms with Gasteiger partial charge in [0.05, 0.1) is 11.4 Å². The molecule has 0 radical (unpaired) electrons. The molecule has 3 heteroatoms. The normalized spacial score (nSPS) is 11.2. The number of pyridine rings is 1. The van der Waals surface area contributed by atoms with Crippen molar-refractivity contribution in [3.63, 3.8) is 0 Å². The number of aryl methyl sites for hydroxylation is 3. The molecule has 0 spiro atoms. The Kier molecular flexibility index (Phi) is 2.63. The van der Waals surface area contributed by atoms with Crippen molar-refractivity contribution in [3.05, 3.63) is 59.2 Å². The van der Waals surface area contributed by atoms with Gasteiger partial charge in [0.2, 0.25) is 0 Å². The summed E-state index contributed by atoms with van der Waals surface area (Å²) < 4.78 is 15.5. The minimum atomic E-state index is -0.225. The van der Waals surface area contributed by atoms with Crippen molar-refractivity contribution in [1.82, 2.24) is 9.38 Å². The highest BCUT2D eigenvalue weighted by Gasteiger charge is 2.13. The van der Waals surface area contributed by atoms with Gasteiger partial charge in [0.1, 0.15) is 11.5 Å². The molecule has 3 aromatic rings. The third kappa shape index (κ3) is 1.91. The van der Waals surface area contributed by atoms with Crippen LogP contribution in [0.3, 0.4) is 0 Å². The molecule has 0 aliphatic rings. The summed E-state index contributed by atoms with van der Waals surface area (Å²) in [4.78, 5) is 4.58. The Bertz CT molecular complexity index is 772. The second kappa shape index (κ2) is 4.19. The van der Waals surface area contributed by atoms with E-state index in [0.717, 1.165) is 28.3 Å². The van der Waals surface area contributed by atoms with Crippen LogP contribution in [0.15, 0.2) is 36.4 Å². The van der Waals surface area contributed by atoms with Gasteiger partial charge in [-0.1, -0.05) is 12.1 Å². The van der Waals surface area contributed by atoms with Gasteiger partial charge in [0, 0.05) is 11.3 Å². The van der Waals surface area contributed by atoms with Crippen LogP contribution in [0.5, 0.6) is 0 Å². The standard InChI is InChI=1S/C16H15FN2/c1-10-7-11(2)19-15(8-10)18-12(3)16(19)13-5-4-6-14(17)9-13/h4-9H,1-3H3. The van der Waals surface area contributed by atoms with E-state index in [1.54, 1.807) is 12.1 Å². The number of halogens is 1. The summed E-state index contributed by atoms with van der Waals surface area (Å²) in [5.41, 5.74) is 5.94. The third-order valence-corrected chi connectivity index (χ3v) is 3.32. The first-order chi connectivity index (χ1) is 9.06. The number of rotatable bonds is 1. The molecule has 0 aliphatic heterocycles. The first kappa shape index (κ1) is 11.9. The SMILES string of the molecule is Cc1cc(C)n2c(-c3cccc(F)c3)c(C)nc2c1. The maximum Gasteiger partial charge on any atom is 0.137 e. The number of aromatic nitrogens is 2. The molecule has 96 valence electrons. The highest BCUT2D eigenvalue weighted by Crippen LogP contribution is 2.27. The maximum absolute atomic E-state index is 13.4. The Morgan fingerprint density at radius 1 is 1.05 bits per heavy atom. The first-order valence-corrected chi connectivity index (χ1v) is 6.28. The minimum Gasteiger partial charge on any atom is -0.297 e. The van der Waals surface area contributed by atoms with Gasteiger partial charge >= 0.3 is 0 Å². The fourth-order valence-corrected chi connectivity index (χ4v) is 2.62. The van der Waals surface area contributed by atoms with E-state index in [4.69, 9.17) is 0 Å². The molecule has 19 heavy (non-hydrogen) atoms. The summed E-state index contributed by atoms with van der Waals surface area (Å²) in [6, 6.07) is 10.8. The van der Waals surface area contributed by atoms with E-state index in [0.29, 0.717) is 0 Å².